The zero-order valence-corrected chi connectivity index (χ0v) is 36.5. The molecule has 7 rings (SSSR count). The van der Waals surface area contributed by atoms with Crippen LogP contribution in [-0.4, -0.2) is 6.15 Å². The molecule has 0 saturated heterocycles. The van der Waals surface area contributed by atoms with E-state index in [1.165, 1.54) is 11.6 Å². The standard InChI is InChI=1S/C32H12BF24.C16H13FN/c34-25(35,36)13-1-14(26(37,38)39)6-21(5-13)33(22-7-15(27(40,41)42)2-16(8-22)28(43,44)45,23-9-17(29(46,47)48)3-18(10-23)30(49,50)51)24-11-19(31(52,53)54)4-20(12-24)32(55,56)57;17-15-9-8-14-7-4-10-18(16(14)11-15)12-13-5-2-1-3-6-13/h1-12H;1-11H,12H2/q-1;+1. The summed E-state index contributed by atoms with van der Waals surface area (Å²) in [6.07, 6.45) is -52.8. The van der Waals surface area contributed by atoms with Gasteiger partial charge in [-0.2, -0.15) is 132 Å². The minimum Gasteiger partial charge on any atom is -0.207 e. The van der Waals surface area contributed by atoms with Crippen LogP contribution in [-0.2, 0) is 56.0 Å². The molecular weight excluding hydrogens is 1080 g/mol. The van der Waals surface area contributed by atoms with E-state index in [-0.39, 0.29) is 5.82 Å². The van der Waals surface area contributed by atoms with E-state index in [2.05, 4.69) is 16.7 Å². The number of aromatic nitrogens is 1. The monoisotopic (exact) mass is 1100 g/mol. The molecule has 7 aromatic rings. The summed E-state index contributed by atoms with van der Waals surface area (Å²) in [5.41, 5.74) is -28.1. The summed E-state index contributed by atoms with van der Waals surface area (Å²) < 4.78 is 356. The quantitative estimate of drug-likeness (QED) is 0.0888. The van der Waals surface area contributed by atoms with Crippen LogP contribution < -0.4 is 26.4 Å². The van der Waals surface area contributed by atoms with E-state index in [1.807, 2.05) is 42.6 Å². The smallest absolute Gasteiger partial charge is 0.207 e. The van der Waals surface area contributed by atoms with E-state index in [0.29, 0.717) is 0 Å². The molecule has 0 aliphatic heterocycles. The number of hydrogen-bond acceptors (Lipinski definition) is 0. The molecule has 0 spiro atoms. The van der Waals surface area contributed by atoms with Gasteiger partial charge in [0.1, 0.15) is 12.0 Å². The highest BCUT2D eigenvalue weighted by molar-refractivity contribution is 7.20. The first-order valence-corrected chi connectivity index (χ1v) is 20.6. The van der Waals surface area contributed by atoms with E-state index in [4.69, 9.17) is 0 Å². The first-order valence-electron chi connectivity index (χ1n) is 20.6. The molecule has 0 N–H and O–H groups in total. The maximum Gasteiger partial charge on any atom is 0.416 e. The summed E-state index contributed by atoms with van der Waals surface area (Å²) in [6, 6.07) is 10.2. The van der Waals surface area contributed by atoms with Crippen molar-refractivity contribution >= 4 is 38.9 Å². The van der Waals surface area contributed by atoms with Gasteiger partial charge in [-0.15, -0.1) is 0 Å². The Morgan fingerprint density at radius 3 is 0.853 bits per heavy atom. The Labute approximate surface area is 404 Å². The largest absolute Gasteiger partial charge is 0.416 e. The summed E-state index contributed by atoms with van der Waals surface area (Å²) in [5.74, 6) is -0.199. The van der Waals surface area contributed by atoms with Crippen LogP contribution in [0.4, 0.5) is 110 Å². The molecule has 0 radical (unpaired) electrons. The van der Waals surface area contributed by atoms with Gasteiger partial charge in [0.15, 0.2) is 12.7 Å². The van der Waals surface area contributed by atoms with Crippen molar-refractivity contribution < 1.29 is 114 Å². The third kappa shape index (κ3) is 12.9. The highest BCUT2D eigenvalue weighted by Crippen LogP contribution is 2.41. The Morgan fingerprint density at radius 1 is 0.307 bits per heavy atom. The highest BCUT2D eigenvalue weighted by atomic mass is 19.4. The van der Waals surface area contributed by atoms with Gasteiger partial charge in [0.2, 0.25) is 5.52 Å². The van der Waals surface area contributed by atoms with Crippen LogP contribution in [0.25, 0.3) is 10.9 Å². The third-order valence-electron chi connectivity index (χ3n) is 11.5. The summed E-state index contributed by atoms with van der Waals surface area (Å²) in [5, 5.41) is 1.05. The maximum absolute atomic E-state index is 14.2. The van der Waals surface area contributed by atoms with Gasteiger partial charge in [0.25, 0.3) is 0 Å². The van der Waals surface area contributed by atoms with E-state index in [0.717, 1.165) is 17.4 Å². The zero-order valence-electron chi connectivity index (χ0n) is 36.5. The van der Waals surface area contributed by atoms with Crippen LogP contribution in [0.5, 0.6) is 0 Å². The van der Waals surface area contributed by atoms with Gasteiger partial charge in [-0.1, -0.05) is 78.9 Å². The summed E-state index contributed by atoms with van der Waals surface area (Å²) in [4.78, 5) is 0. The molecule has 0 aliphatic carbocycles. The molecule has 0 unspecified atom stereocenters. The van der Waals surface area contributed by atoms with Crippen molar-refractivity contribution in [3.05, 3.63) is 196 Å². The van der Waals surface area contributed by atoms with Gasteiger partial charge in [-0.3, -0.25) is 0 Å². The Morgan fingerprint density at radius 2 is 0.587 bits per heavy atom. The molecule has 400 valence electrons. The van der Waals surface area contributed by atoms with Crippen LogP contribution >= 0.6 is 0 Å². The van der Waals surface area contributed by atoms with Crippen molar-refractivity contribution in [3.8, 4) is 0 Å². The number of alkyl halides is 24. The fraction of sp³-hybridized carbons (Fsp3) is 0.188. The molecule has 27 heteroatoms. The second-order valence-electron chi connectivity index (χ2n) is 16.5. The number of halogens is 25. The van der Waals surface area contributed by atoms with Gasteiger partial charge in [0, 0.05) is 23.1 Å². The SMILES string of the molecule is FC(F)(F)c1cc([B-](c2cc(C(F)(F)F)cc(C(F)(F)F)c2)(c2cc(C(F)(F)F)cc(C(F)(F)F)c2)c2cc(C(F)(F)F)cc(C(F)(F)F)c2)cc(C(F)(F)F)c1.Fc1ccc2ccc[n+](Cc3ccccc3)c2c1. The fourth-order valence-corrected chi connectivity index (χ4v) is 8.23. The van der Waals surface area contributed by atoms with Gasteiger partial charge in [-0.25, -0.2) is 4.39 Å². The summed E-state index contributed by atoms with van der Waals surface area (Å²) >= 11 is 0. The normalized spacial score (nSPS) is 13.5. The Kier molecular flexibility index (Phi) is 15.0. The first-order chi connectivity index (χ1) is 34.1. The molecule has 0 fully saturated rings. The predicted octanol–water partition coefficient (Wildman–Crippen LogP) is 14.5. The third-order valence-corrected chi connectivity index (χ3v) is 11.5. The molecule has 75 heavy (non-hydrogen) atoms. The lowest BCUT2D eigenvalue weighted by Crippen LogP contribution is -2.75. The lowest BCUT2D eigenvalue weighted by molar-refractivity contribution is -0.662. The zero-order chi connectivity index (χ0) is 56.3. The summed E-state index contributed by atoms with van der Waals surface area (Å²) in [6.45, 7) is 0.752. The average molecular weight is 1100 g/mol. The van der Waals surface area contributed by atoms with Crippen LogP contribution in [0.2, 0.25) is 0 Å². The van der Waals surface area contributed by atoms with Crippen LogP contribution in [0.1, 0.15) is 50.1 Å². The lowest BCUT2D eigenvalue weighted by Gasteiger charge is -2.46. The highest BCUT2D eigenvalue weighted by Gasteiger charge is 2.47. The molecule has 0 aliphatic rings. The van der Waals surface area contributed by atoms with Crippen molar-refractivity contribution in [2.45, 2.75) is 56.0 Å². The number of benzene rings is 6. The number of hydrogen-bond donors (Lipinski definition) is 0. The Hall–Kier alpha value is -6.96. The number of fused-ring (bicyclic) bond motifs is 1. The minimum absolute atomic E-state index is 0.199. The van der Waals surface area contributed by atoms with Crippen LogP contribution in [0.15, 0.2) is 140 Å². The van der Waals surface area contributed by atoms with Crippen molar-refractivity contribution in [1.29, 1.82) is 0 Å². The van der Waals surface area contributed by atoms with Gasteiger partial charge in [0.05, 0.1) is 44.5 Å². The maximum atomic E-state index is 14.2. The molecule has 0 amide bonds. The van der Waals surface area contributed by atoms with E-state index >= 15 is 0 Å². The average Bonchev–Trinajstić information content (AvgIpc) is 3.27. The second kappa shape index (κ2) is 19.6. The van der Waals surface area contributed by atoms with Crippen molar-refractivity contribution in [2.24, 2.45) is 0 Å². The first kappa shape index (κ1) is 57.3. The number of rotatable bonds is 6. The second-order valence-corrected chi connectivity index (χ2v) is 16.5. The Balaban J connectivity index is 0.000000421. The number of pyridine rings is 1. The molecule has 1 heterocycles. The van der Waals surface area contributed by atoms with Gasteiger partial charge < -0.3 is 0 Å². The van der Waals surface area contributed by atoms with Crippen molar-refractivity contribution in [1.82, 2.24) is 0 Å². The van der Waals surface area contributed by atoms with Crippen LogP contribution in [0.3, 0.4) is 0 Å². The van der Waals surface area contributed by atoms with E-state index in [1.54, 1.807) is 6.07 Å². The van der Waals surface area contributed by atoms with E-state index < -0.39 is 195 Å². The molecule has 1 nitrogen and oxygen atoms in total. The molecule has 0 atom stereocenters. The lowest BCUT2D eigenvalue weighted by atomic mass is 9.12. The minimum atomic E-state index is -6.13. The molecular formula is C48H25BF25N. The predicted molar refractivity (Wildman–Crippen MR) is 220 cm³/mol. The topological polar surface area (TPSA) is 3.88 Å². The van der Waals surface area contributed by atoms with Gasteiger partial charge >= 0.3 is 49.4 Å². The van der Waals surface area contributed by atoms with Crippen LogP contribution in [0, 0.1) is 5.82 Å². The fourth-order valence-electron chi connectivity index (χ4n) is 8.23. The molecule has 0 saturated carbocycles. The Bertz CT molecular complexity index is 2750. The molecule has 6 aromatic carbocycles. The molecule has 1 aromatic heterocycles. The van der Waals surface area contributed by atoms with Gasteiger partial charge in [-0.05, 0) is 42.5 Å². The van der Waals surface area contributed by atoms with Crippen molar-refractivity contribution in [2.75, 3.05) is 0 Å². The summed E-state index contributed by atoms with van der Waals surface area (Å²) in [7, 11) is 0. The van der Waals surface area contributed by atoms with E-state index in [9.17, 15) is 110 Å². The molecule has 0 bridgehead atoms. The number of nitrogens with zero attached hydrogens (tertiary/aromatic N) is 1. The van der Waals surface area contributed by atoms with Crippen molar-refractivity contribution in [3.63, 3.8) is 0 Å².